The number of amides is 2. The zero-order valence-electron chi connectivity index (χ0n) is 28.5. The van der Waals surface area contributed by atoms with Crippen molar-refractivity contribution in [3.8, 4) is 5.75 Å². The number of nitrogens with zero attached hydrogens (tertiary/aromatic N) is 2. The Balaban J connectivity index is 1.57. The number of carboxylic acid groups (broad SMARTS) is 1. The predicted octanol–water partition coefficient (Wildman–Crippen LogP) is 5.83. The molecule has 0 spiro atoms. The molecule has 0 aromatic heterocycles. The molecule has 1 fully saturated rings. The lowest BCUT2D eigenvalue weighted by Crippen LogP contribution is -2.47. The Kier molecular flexibility index (Phi) is 13.6. The molecular weight excluding hydrogens is 598 g/mol. The van der Waals surface area contributed by atoms with E-state index in [2.05, 4.69) is 17.1 Å². The van der Waals surface area contributed by atoms with Crippen molar-refractivity contribution in [2.45, 2.75) is 96.9 Å². The van der Waals surface area contributed by atoms with Crippen LogP contribution in [0, 0.1) is 11.8 Å². The molecule has 4 rings (SSSR count). The summed E-state index contributed by atoms with van der Waals surface area (Å²) in [6, 6.07) is 11.7. The van der Waals surface area contributed by atoms with Crippen LogP contribution in [0.2, 0.25) is 0 Å². The molecule has 1 saturated carbocycles. The molecule has 0 unspecified atom stereocenters. The van der Waals surface area contributed by atoms with Crippen molar-refractivity contribution in [1.82, 2.24) is 9.80 Å². The fourth-order valence-electron chi connectivity index (χ4n) is 6.51. The Morgan fingerprint density at radius 3 is 2.40 bits per heavy atom. The van der Waals surface area contributed by atoms with Gasteiger partial charge in [-0.2, -0.15) is 0 Å². The van der Waals surface area contributed by atoms with Gasteiger partial charge in [0.2, 0.25) is 5.91 Å². The first kappa shape index (κ1) is 36.4. The van der Waals surface area contributed by atoms with E-state index in [4.69, 9.17) is 9.47 Å². The molecule has 4 atom stereocenters. The minimum Gasteiger partial charge on any atom is -0.490 e. The molecule has 2 aromatic rings. The normalized spacial score (nSPS) is 22.6. The molecule has 2 aliphatic rings. The van der Waals surface area contributed by atoms with Gasteiger partial charge in [-0.15, -0.1) is 0 Å². The van der Waals surface area contributed by atoms with Crippen LogP contribution in [-0.2, 0) is 16.1 Å². The highest BCUT2D eigenvalue weighted by Gasteiger charge is 2.31. The summed E-state index contributed by atoms with van der Waals surface area (Å²) >= 11 is 0. The summed E-state index contributed by atoms with van der Waals surface area (Å²) in [7, 11) is 2.00. The highest BCUT2D eigenvalue weighted by molar-refractivity contribution is 6.00. The van der Waals surface area contributed by atoms with Crippen LogP contribution in [0.25, 0.3) is 0 Å². The average molecular weight is 652 g/mol. The van der Waals surface area contributed by atoms with Gasteiger partial charge in [0.15, 0.2) is 0 Å². The van der Waals surface area contributed by atoms with Gasteiger partial charge < -0.3 is 29.9 Å². The summed E-state index contributed by atoms with van der Waals surface area (Å²) in [6.07, 6.45) is 7.26. The maximum absolute atomic E-state index is 14.4. The number of hydrogen-bond acceptors (Lipinski definition) is 7. The fourth-order valence-corrected chi connectivity index (χ4v) is 6.51. The Hall–Kier alpha value is -3.47. The standard InChI is InChI=1S/C37H53N3O7/c1-25-21-40(26(2)24-41)36(43)32-20-31(38-35(42)29-11-6-5-7-12-29)17-18-33(32)47-27(3)10-8-9-19-46-34(25)23-39(4)22-28-13-15-30(16-14-28)37(44)45/h13-18,20,25-27,29,34,41H,5-12,19,21-24H2,1-4H3,(H,38,42)(H,44,45)/t25-,26+,27-,34+/m0/s1. The van der Waals surface area contributed by atoms with Crippen LogP contribution in [-0.4, -0.2) is 89.4 Å². The van der Waals surface area contributed by atoms with Crippen molar-refractivity contribution in [2.75, 3.05) is 38.7 Å². The van der Waals surface area contributed by atoms with Gasteiger partial charge in [-0.25, -0.2) is 4.79 Å². The number of aromatic carboxylic acids is 1. The van der Waals surface area contributed by atoms with Gasteiger partial charge in [-0.1, -0.05) is 38.3 Å². The van der Waals surface area contributed by atoms with Gasteiger partial charge in [0, 0.05) is 43.8 Å². The number of benzene rings is 2. The van der Waals surface area contributed by atoms with Crippen LogP contribution in [0.15, 0.2) is 42.5 Å². The van der Waals surface area contributed by atoms with Crippen molar-refractivity contribution in [3.05, 3.63) is 59.2 Å². The second kappa shape index (κ2) is 17.6. The van der Waals surface area contributed by atoms with E-state index in [9.17, 15) is 24.6 Å². The SMILES string of the molecule is C[C@H](CO)N1C[C@H](C)[C@@H](CN(C)Cc2ccc(C(=O)O)cc2)OCCCC[C@H](C)Oc2ccc(NC(=O)C3CCCCC3)cc2C1=O. The summed E-state index contributed by atoms with van der Waals surface area (Å²) < 4.78 is 12.8. The van der Waals surface area contributed by atoms with E-state index in [1.54, 1.807) is 35.2 Å². The lowest BCUT2D eigenvalue weighted by Gasteiger charge is -2.36. The first-order chi connectivity index (χ1) is 22.5. The van der Waals surface area contributed by atoms with E-state index < -0.39 is 12.0 Å². The third kappa shape index (κ3) is 10.5. The van der Waals surface area contributed by atoms with Crippen molar-refractivity contribution < 1.29 is 34.1 Å². The van der Waals surface area contributed by atoms with Crippen molar-refractivity contribution in [2.24, 2.45) is 11.8 Å². The monoisotopic (exact) mass is 651 g/mol. The average Bonchev–Trinajstić information content (AvgIpc) is 3.06. The molecule has 2 amide bonds. The van der Waals surface area contributed by atoms with E-state index in [0.29, 0.717) is 43.2 Å². The molecule has 0 saturated heterocycles. The van der Waals surface area contributed by atoms with E-state index in [1.807, 2.05) is 33.0 Å². The number of rotatable bonds is 9. The Morgan fingerprint density at radius 2 is 1.72 bits per heavy atom. The lowest BCUT2D eigenvalue weighted by atomic mass is 9.88. The van der Waals surface area contributed by atoms with Crippen LogP contribution in [0.3, 0.4) is 0 Å². The van der Waals surface area contributed by atoms with E-state index in [-0.39, 0.29) is 48.0 Å². The summed E-state index contributed by atoms with van der Waals surface area (Å²) in [6.45, 7) is 7.82. The number of ether oxygens (including phenoxy) is 2. The molecule has 1 aliphatic heterocycles. The molecule has 2 aromatic carbocycles. The van der Waals surface area contributed by atoms with Gasteiger partial charge >= 0.3 is 5.97 Å². The first-order valence-corrected chi connectivity index (χ1v) is 17.2. The number of likely N-dealkylation sites (N-methyl/N-ethyl adjacent to an activating group) is 1. The maximum Gasteiger partial charge on any atom is 0.335 e. The molecule has 0 radical (unpaired) electrons. The number of fused-ring (bicyclic) bond motifs is 1. The molecule has 47 heavy (non-hydrogen) atoms. The minimum atomic E-state index is -0.952. The van der Waals surface area contributed by atoms with Gasteiger partial charge in [-0.05, 0) is 88.9 Å². The Bertz CT molecular complexity index is 1330. The van der Waals surface area contributed by atoms with Crippen LogP contribution < -0.4 is 10.1 Å². The van der Waals surface area contributed by atoms with Crippen LogP contribution >= 0.6 is 0 Å². The first-order valence-electron chi connectivity index (χ1n) is 17.2. The molecule has 1 aliphatic carbocycles. The summed E-state index contributed by atoms with van der Waals surface area (Å²) in [4.78, 5) is 42.6. The number of hydrogen-bond donors (Lipinski definition) is 3. The van der Waals surface area contributed by atoms with E-state index in [0.717, 1.165) is 56.9 Å². The van der Waals surface area contributed by atoms with Gasteiger partial charge in [-0.3, -0.25) is 14.5 Å². The summed E-state index contributed by atoms with van der Waals surface area (Å²) in [5.74, 6) is -0.854. The van der Waals surface area contributed by atoms with E-state index in [1.165, 1.54) is 0 Å². The van der Waals surface area contributed by atoms with Gasteiger partial charge in [0.1, 0.15) is 5.75 Å². The lowest BCUT2D eigenvalue weighted by molar-refractivity contribution is -0.120. The second-order valence-corrected chi connectivity index (χ2v) is 13.5. The second-order valence-electron chi connectivity index (χ2n) is 13.5. The number of aliphatic hydroxyl groups excluding tert-OH is 1. The van der Waals surface area contributed by atoms with Crippen LogP contribution in [0.5, 0.6) is 5.75 Å². The third-order valence-electron chi connectivity index (χ3n) is 9.44. The molecule has 258 valence electrons. The maximum atomic E-state index is 14.4. The largest absolute Gasteiger partial charge is 0.490 e. The molecule has 10 heteroatoms. The number of anilines is 1. The van der Waals surface area contributed by atoms with Crippen molar-refractivity contribution in [1.29, 1.82) is 0 Å². The highest BCUT2D eigenvalue weighted by Crippen LogP contribution is 2.30. The number of carbonyl (C=O) groups excluding carboxylic acids is 2. The van der Waals surface area contributed by atoms with Crippen molar-refractivity contribution in [3.63, 3.8) is 0 Å². The quantitative estimate of drug-likeness (QED) is 0.309. The summed E-state index contributed by atoms with van der Waals surface area (Å²) in [5.41, 5.74) is 2.17. The van der Waals surface area contributed by atoms with Gasteiger partial charge in [0.25, 0.3) is 5.91 Å². The molecule has 3 N–H and O–H groups in total. The van der Waals surface area contributed by atoms with Crippen molar-refractivity contribution >= 4 is 23.5 Å². The number of nitrogens with one attached hydrogen (secondary N) is 1. The molecule has 1 heterocycles. The third-order valence-corrected chi connectivity index (χ3v) is 9.44. The highest BCUT2D eigenvalue weighted by atomic mass is 16.5. The fraction of sp³-hybridized carbons (Fsp3) is 0.595. The molecule has 0 bridgehead atoms. The number of aliphatic hydroxyl groups is 1. The van der Waals surface area contributed by atoms with Crippen LogP contribution in [0.4, 0.5) is 5.69 Å². The summed E-state index contributed by atoms with van der Waals surface area (Å²) in [5, 5.41) is 22.5. The van der Waals surface area contributed by atoms with E-state index >= 15 is 0 Å². The molecule has 10 nitrogen and oxygen atoms in total. The Morgan fingerprint density at radius 1 is 1.02 bits per heavy atom. The van der Waals surface area contributed by atoms with Gasteiger partial charge in [0.05, 0.1) is 36.0 Å². The Labute approximate surface area is 279 Å². The zero-order valence-corrected chi connectivity index (χ0v) is 28.5. The predicted molar refractivity (Wildman–Crippen MR) is 182 cm³/mol. The topological polar surface area (TPSA) is 129 Å². The van der Waals surface area contributed by atoms with Crippen LogP contribution in [0.1, 0.15) is 98.4 Å². The minimum absolute atomic E-state index is 0.0107. The number of carboxylic acids is 1. The molecular formula is C37H53N3O7. The smallest absolute Gasteiger partial charge is 0.335 e. The number of carbonyl (C=O) groups is 3. The zero-order chi connectivity index (χ0) is 33.9.